The van der Waals surface area contributed by atoms with E-state index in [2.05, 4.69) is 4.98 Å². The van der Waals surface area contributed by atoms with Gasteiger partial charge in [-0.1, -0.05) is 0 Å². The Morgan fingerprint density at radius 2 is 2.11 bits per heavy atom. The number of hydrogen-bond donors (Lipinski definition) is 1. The van der Waals surface area contributed by atoms with Crippen molar-refractivity contribution in [3.63, 3.8) is 0 Å². The highest BCUT2D eigenvalue weighted by Crippen LogP contribution is 2.29. The minimum Gasteiger partial charge on any atom is -0.443 e. The molecule has 6 nitrogen and oxygen atoms in total. The Morgan fingerprint density at radius 3 is 2.68 bits per heavy atom. The fraction of sp³-hybridized carbons (Fsp3) is 0.462. The number of nitrogens with zero attached hydrogens (tertiary/aromatic N) is 2. The average Bonchev–Trinajstić information content (AvgIpc) is 2.68. The highest BCUT2D eigenvalue weighted by atomic mass is 16.6. The zero-order chi connectivity index (χ0) is 14.2. The van der Waals surface area contributed by atoms with Gasteiger partial charge in [0.05, 0.1) is 5.69 Å². The largest absolute Gasteiger partial charge is 0.443 e. The molecule has 19 heavy (non-hydrogen) atoms. The SMILES string of the molecule is CC(C)(C)OC(=O)N1CCc2cnc(C(N)=O)cc21. The maximum atomic E-state index is 12.1. The topological polar surface area (TPSA) is 85.5 Å². The third kappa shape index (κ3) is 2.83. The predicted octanol–water partition coefficient (Wildman–Crippen LogP) is 1.48. The molecule has 2 N–H and O–H groups in total. The van der Waals surface area contributed by atoms with Crippen molar-refractivity contribution in [3.05, 3.63) is 23.5 Å². The number of carbonyl (C=O) groups excluding carboxylic acids is 2. The summed E-state index contributed by atoms with van der Waals surface area (Å²) in [5.74, 6) is -0.612. The number of rotatable bonds is 1. The van der Waals surface area contributed by atoms with Gasteiger partial charge in [0.25, 0.3) is 5.91 Å². The molecule has 0 saturated carbocycles. The van der Waals surface area contributed by atoms with Gasteiger partial charge in [0, 0.05) is 12.7 Å². The Kier molecular flexibility index (Phi) is 3.18. The molecule has 2 rings (SSSR count). The standard InChI is InChI=1S/C13H17N3O3/c1-13(2,3)19-12(18)16-5-4-8-7-15-9(11(14)17)6-10(8)16/h6-7H,4-5H2,1-3H3,(H2,14,17). The second-order valence-electron chi connectivity index (χ2n) is 5.44. The van der Waals surface area contributed by atoms with Crippen molar-refractivity contribution in [3.8, 4) is 0 Å². The third-order valence-electron chi connectivity index (χ3n) is 2.72. The molecule has 1 aromatic heterocycles. The van der Waals surface area contributed by atoms with Crippen molar-refractivity contribution in [2.45, 2.75) is 32.8 Å². The quantitative estimate of drug-likeness (QED) is 0.831. The first kappa shape index (κ1) is 13.3. The summed E-state index contributed by atoms with van der Waals surface area (Å²) >= 11 is 0. The molecule has 1 aromatic rings. The maximum Gasteiger partial charge on any atom is 0.414 e. The van der Waals surface area contributed by atoms with Crippen LogP contribution in [0.5, 0.6) is 0 Å². The highest BCUT2D eigenvalue weighted by Gasteiger charge is 2.29. The molecule has 0 spiro atoms. The highest BCUT2D eigenvalue weighted by molar-refractivity contribution is 5.95. The summed E-state index contributed by atoms with van der Waals surface area (Å²) in [6.45, 7) is 5.95. The van der Waals surface area contributed by atoms with Crippen LogP contribution in [0.4, 0.5) is 10.5 Å². The van der Waals surface area contributed by atoms with Crippen LogP contribution in [-0.4, -0.2) is 29.1 Å². The minimum absolute atomic E-state index is 0.147. The van der Waals surface area contributed by atoms with Crippen molar-refractivity contribution in [2.24, 2.45) is 5.73 Å². The fourth-order valence-electron chi connectivity index (χ4n) is 1.91. The smallest absolute Gasteiger partial charge is 0.414 e. The average molecular weight is 263 g/mol. The Bertz CT molecular complexity index is 534. The number of nitrogens with two attached hydrogens (primary N) is 1. The first-order chi connectivity index (χ1) is 8.78. The van der Waals surface area contributed by atoms with Crippen LogP contribution in [0.25, 0.3) is 0 Å². The van der Waals surface area contributed by atoms with Crippen LogP contribution in [-0.2, 0) is 11.2 Å². The zero-order valence-corrected chi connectivity index (χ0v) is 11.3. The number of anilines is 1. The first-order valence-electron chi connectivity index (χ1n) is 6.07. The lowest BCUT2D eigenvalue weighted by Gasteiger charge is -2.24. The lowest BCUT2D eigenvalue weighted by atomic mass is 10.2. The lowest BCUT2D eigenvalue weighted by Crippen LogP contribution is -2.35. The Hall–Kier alpha value is -2.11. The van der Waals surface area contributed by atoms with Gasteiger partial charge < -0.3 is 10.5 Å². The van der Waals surface area contributed by atoms with E-state index in [1.54, 1.807) is 6.20 Å². The molecule has 1 aliphatic heterocycles. The van der Waals surface area contributed by atoms with Gasteiger partial charge in [-0.15, -0.1) is 0 Å². The van der Waals surface area contributed by atoms with Gasteiger partial charge in [0.1, 0.15) is 11.3 Å². The van der Waals surface area contributed by atoms with Gasteiger partial charge in [-0.25, -0.2) is 4.79 Å². The van der Waals surface area contributed by atoms with E-state index in [9.17, 15) is 9.59 Å². The van der Waals surface area contributed by atoms with Crippen molar-refractivity contribution in [2.75, 3.05) is 11.4 Å². The van der Waals surface area contributed by atoms with E-state index >= 15 is 0 Å². The van der Waals surface area contributed by atoms with Crippen LogP contribution >= 0.6 is 0 Å². The van der Waals surface area contributed by atoms with Gasteiger partial charge in [-0.2, -0.15) is 0 Å². The number of amides is 2. The molecular weight excluding hydrogens is 246 g/mol. The number of hydrogen-bond acceptors (Lipinski definition) is 4. The molecule has 2 amide bonds. The fourth-order valence-corrected chi connectivity index (χ4v) is 1.91. The normalized spacial score (nSPS) is 14.2. The van der Waals surface area contributed by atoms with Gasteiger partial charge in [0.15, 0.2) is 0 Å². The number of carbonyl (C=O) groups is 2. The van der Waals surface area contributed by atoms with E-state index in [-0.39, 0.29) is 5.69 Å². The molecule has 102 valence electrons. The van der Waals surface area contributed by atoms with E-state index in [1.807, 2.05) is 20.8 Å². The van der Waals surface area contributed by atoms with Crippen LogP contribution in [0.2, 0.25) is 0 Å². The minimum atomic E-state index is -0.612. The molecule has 6 heteroatoms. The summed E-state index contributed by atoms with van der Waals surface area (Å²) in [5.41, 5.74) is 6.35. The molecule has 0 aliphatic carbocycles. The second kappa shape index (κ2) is 4.53. The summed E-state index contributed by atoms with van der Waals surface area (Å²) in [4.78, 5) is 28.7. The Morgan fingerprint density at radius 1 is 1.42 bits per heavy atom. The summed E-state index contributed by atoms with van der Waals surface area (Å²) < 4.78 is 5.33. The molecule has 0 radical (unpaired) electrons. The molecule has 1 aliphatic rings. The molecule has 0 aromatic carbocycles. The van der Waals surface area contributed by atoms with Crippen molar-refractivity contribution < 1.29 is 14.3 Å². The van der Waals surface area contributed by atoms with Gasteiger partial charge in [-0.05, 0) is 38.8 Å². The van der Waals surface area contributed by atoms with Crippen LogP contribution in [0, 0.1) is 0 Å². The maximum absolute atomic E-state index is 12.1. The van der Waals surface area contributed by atoms with Crippen molar-refractivity contribution >= 4 is 17.7 Å². The van der Waals surface area contributed by atoms with E-state index in [1.165, 1.54) is 11.0 Å². The molecule has 0 bridgehead atoms. The van der Waals surface area contributed by atoms with E-state index in [4.69, 9.17) is 10.5 Å². The zero-order valence-electron chi connectivity index (χ0n) is 11.3. The summed E-state index contributed by atoms with van der Waals surface area (Å²) in [6, 6.07) is 1.54. The van der Waals surface area contributed by atoms with Crippen LogP contribution in [0.1, 0.15) is 36.8 Å². The van der Waals surface area contributed by atoms with E-state index < -0.39 is 17.6 Å². The number of aromatic nitrogens is 1. The molecule has 0 unspecified atom stereocenters. The van der Waals surface area contributed by atoms with E-state index in [0.717, 1.165) is 5.56 Å². The van der Waals surface area contributed by atoms with Crippen molar-refractivity contribution in [1.82, 2.24) is 4.98 Å². The molecule has 0 atom stereocenters. The molecular formula is C13H17N3O3. The van der Waals surface area contributed by atoms with E-state index in [0.29, 0.717) is 18.7 Å². The number of ether oxygens (including phenoxy) is 1. The number of fused-ring (bicyclic) bond motifs is 1. The molecule has 2 heterocycles. The number of pyridine rings is 1. The monoisotopic (exact) mass is 263 g/mol. The number of primary amides is 1. The van der Waals surface area contributed by atoms with Gasteiger partial charge >= 0.3 is 6.09 Å². The summed E-state index contributed by atoms with van der Waals surface area (Å²) in [5, 5.41) is 0. The second-order valence-corrected chi connectivity index (χ2v) is 5.44. The van der Waals surface area contributed by atoms with Crippen LogP contribution in [0.3, 0.4) is 0 Å². The van der Waals surface area contributed by atoms with Gasteiger partial charge in [-0.3, -0.25) is 14.7 Å². The first-order valence-corrected chi connectivity index (χ1v) is 6.07. The predicted molar refractivity (Wildman–Crippen MR) is 70.0 cm³/mol. The summed E-state index contributed by atoms with van der Waals surface area (Å²) in [6.07, 6.45) is 1.85. The van der Waals surface area contributed by atoms with Crippen LogP contribution in [0.15, 0.2) is 12.3 Å². The summed E-state index contributed by atoms with van der Waals surface area (Å²) in [7, 11) is 0. The van der Waals surface area contributed by atoms with Gasteiger partial charge in [0.2, 0.25) is 0 Å². The van der Waals surface area contributed by atoms with Crippen LogP contribution < -0.4 is 10.6 Å². The molecule has 0 saturated heterocycles. The Balaban J connectivity index is 2.28. The molecule has 0 fully saturated rings. The third-order valence-corrected chi connectivity index (χ3v) is 2.72. The lowest BCUT2D eigenvalue weighted by molar-refractivity contribution is 0.0583. The van der Waals surface area contributed by atoms with Crippen molar-refractivity contribution in [1.29, 1.82) is 0 Å². The Labute approximate surface area is 111 Å².